The summed E-state index contributed by atoms with van der Waals surface area (Å²) in [5, 5.41) is 4.94. The minimum Gasteiger partial charge on any atom is -0.372 e. The standard InChI is InChI=1S/C22H22N2O/c1-2-13-24-22-19(14-17-9-5-3-6-10-17)15-25-16-20(22)21(23-24)18-11-7-4-8-12-18/h3-12,14H,2,13,15-16H2,1H3/b19-14+. The molecule has 126 valence electrons. The van der Waals surface area contributed by atoms with Crippen molar-refractivity contribution in [2.24, 2.45) is 0 Å². The summed E-state index contributed by atoms with van der Waals surface area (Å²) in [6.07, 6.45) is 3.28. The Morgan fingerprint density at radius 2 is 1.72 bits per heavy atom. The Bertz CT molecular complexity index is 879. The summed E-state index contributed by atoms with van der Waals surface area (Å²) in [6.45, 7) is 4.36. The van der Waals surface area contributed by atoms with Gasteiger partial charge in [-0.3, -0.25) is 4.68 Å². The predicted molar refractivity (Wildman–Crippen MR) is 102 cm³/mol. The third-order valence-corrected chi connectivity index (χ3v) is 4.48. The van der Waals surface area contributed by atoms with Crippen molar-refractivity contribution in [2.45, 2.75) is 26.5 Å². The molecule has 0 fully saturated rings. The molecule has 0 atom stereocenters. The second-order valence-corrected chi connectivity index (χ2v) is 6.34. The van der Waals surface area contributed by atoms with Gasteiger partial charge in [-0.2, -0.15) is 5.10 Å². The highest BCUT2D eigenvalue weighted by molar-refractivity contribution is 5.85. The van der Waals surface area contributed by atoms with Gasteiger partial charge in [0, 0.05) is 23.2 Å². The van der Waals surface area contributed by atoms with Gasteiger partial charge >= 0.3 is 0 Å². The topological polar surface area (TPSA) is 27.1 Å². The van der Waals surface area contributed by atoms with Crippen LogP contribution in [0.2, 0.25) is 0 Å². The molecule has 3 aromatic rings. The van der Waals surface area contributed by atoms with Crippen molar-refractivity contribution in [3.8, 4) is 11.3 Å². The monoisotopic (exact) mass is 330 g/mol. The Morgan fingerprint density at radius 1 is 1.00 bits per heavy atom. The quantitative estimate of drug-likeness (QED) is 0.671. The van der Waals surface area contributed by atoms with Crippen molar-refractivity contribution in [3.05, 3.63) is 77.5 Å². The van der Waals surface area contributed by atoms with E-state index in [1.165, 1.54) is 22.4 Å². The molecule has 0 amide bonds. The van der Waals surface area contributed by atoms with Gasteiger partial charge in [-0.05, 0) is 18.1 Å². The first-order chi connectivity index (χ1) is 12.4. The van der Waals surface area contributed by atoms with Crippen molar-refractivity contribution in [1.29, 1.82) is 0 Å². The molecule has 0 saturated carbocycles. The van der Waals surface area contributed by atoms with Crippen LogP contribution in [0.15, 0.2) is 60.7 Å². The number of aryl methyl sites for hydroxylation is 1. The van der Waals surface area contributed by atoms with E-state index in [0.717, 1.165) is 24.2 Å². The van der Waals surface area contributed by atoms with Crippen LogP contribution in [-0.2, 0) is 17.9 Å². The van der Waals surface area contributed by atoms with E-state index in [1.54, 1.807) is 0 Å². The lowest BCUT2D eigenvalue weighted by Gasteiger charge is -2.19. The first-order valence-corrected chi connectivity index (χ1v) is 8.85. The minimum absolute atomic E-state index is 0.620. The molecular weight excluding hydrogens is 308 g/mol. The zero-order valence-electron chi connectivity index (χ0n) is 14.5. The van der Waals surface area contributed by atoms with Gasteiger partial charge in [-0.1, -0.05) is 67.6 Å². The first kappa shape index (κ1) is 15.9. The van der Waals surface area contributed by atoms with E-state index in [0.29, 0.717) is 13.2 Å². The summed E-state index contributed by atoms with van der Waals surface area (Å²) in [5.74, 6) is 0. The number of aromatic nitrogens is 2. The molecular formula is C22H22N2O. The molecule has 0 radical (unpaired) electrons. The van der Waals surface area contributed by atoms with Crippen molar-refractivity contribution in [3.63, 3.8) is 0 Å². The Morgan fingerprint density at radius 3 is 2.44 bits per heavy atom. The zero-order chi connectivity index (χ0) is 17.1. The number of hydrogen-bond donors (Lipinski definition) is 0. The molecule has 0 saturated heterocycles. The van der Waals surface area contributed by atoms with Crippen LogP contribution < -0.4 is 0 Å². The molecule has 0 unspecified atom stereocenters. The van der Waals surface area contributed by atoms with Crippen LogP contribution >= 0.6 is 0 Å². The zero-order valence-corrected chi connectivity index (χ0v) is 14.5. The van der Waals surface area contributed by atoms with E-state index in [1.807, 2.05) is 12.1 Å². The SMILES string of the molecule is CCCn1nc(-c2ccccc2)c2c1/C(=C/c1ccccc1)COC2. The van der Waals surface area contributed by atoms with Gasteiger partial charge in [0.05, 0.1) is 24.6 Å². The molecule has 0 N–H and O–H groups in total. The van der Waals surface area contributed by atoms with E-state index >= 15 is 0 Å². The van der Waals surface area contributed by atoms with Gasteiger partial charge in [-0.15, -0.1) is 0 Å². The number of nitrogens with zero attached hydrogens (tertiary/aromatic N) is 2. The molecule has 25 heavy (non-hydrogen) atoms. The molecule has 1 aromatic heterocycles. The summed E-state index contributed by atoms with van der Waals surface area (Å²) in [5.41, 5.74) is 7.03. The van der Waals surface area contributed by atoms with Gasteiger partial charge in [0.25, 0.3) is 0 Å². The number of benzene rings is 2. The van der Waals surface area contributed by atoms with E-state index < -0.39 is 0 Å². The van der Waals surface area contributed by atoms with E-state index in [2.05, 4.69) is 66.2 Å². The van der Waals surface area contributed by atoms with Crippen molar-refractivity contribution >= 4 is 11.6 Å². The summed E-state index contributed by atoms with van der Waals surface area (Å²) in [7, 11) is 0. The highest BCUT2D eigenvalue weighted by Gasteiger charge is 2.25. The minimum atomic E-state index is 0.620. The van der Waals surface area contributed by atoms with Crippen LogP contribution in [0, 0.1) is 0 Å². The number of hydrogen-bond acceptors (Lipinski definition) is 2. The number of ether oxygens (including phenoxy) is 1. The van der Waals surface area contributed by atoms with E-state index in [-0.39, 0.29) is 0 Å². The normalized spacial score (nSPS) is 15.3. The molecule has 3 nitrogen and oxygen atoms in total. The van der Waals surface area contributed by atoms with Gasteiger partial charge in [0.2, 0.25) is 0 Å². The lowest BCUT2D eigenvalue weighted by molar-refractivity contribution is 0.146. The van der Waals surface area contributed by atoms with Crippen molar-refractivity contribution in [1.82, 2.24) is 9.78 Å². The van der Waals surface area contributed by atoms with Crippen molar-refractivity contribution < 1.29 is 4.74 Å². The molecule has 0 spiro atoms. The van der Waals surface area contributed by atoms with Crippen molar-refractivity contribution in [2.75, 3.05) is 6.61 Å². The van der Waals surface area contributed by atoms with Gasteiger partial charge < -0.3 is 4.74 Å². The third-order valence-electron chi connectivity index (χ3n) is 4.48. The molecule has 2 heterocycles. The van der Waals surface area contributed by atoms with Gasteiger partial charge in [0.15, 0.2) is 0 Å². The second kappa shape index (κ2) is 7.08. The maximum Gasteiger partial charge on any atom is 0.0985 e. The van der Waals surface area contributed by atoms with Gasteiger partial charge in [0.1, 0.15) is 0 Å². The fourth-order valence-corrected chi connectivity index (χ4v) is 3.39. The lowest BCUT2D eigenvalue weighted by Crippen LogP contribution is -2.13. The fourth-order valence-electron chi connectivity index (χ4n) is 3.39. The fraction of sp³-hybridized carbons (Fsp3) is 0.227. The van der Waals surface area contributed by atoms with Crippen LogP contribution in [-0.4, -0.2) is 16.4 Å². The Balaban J connectivity index is 1.86. The number of rotatable bonds is 4. The second-order valence-electron chi connectivity index (χ2n) is 6.34. The lowest BCUT2D eigenvalue weighted by atomic mass is 9.99. The van der Waals surface area contributed by atoms with Crippen LogP contribution in [0.5, 0.6) is 0 Å². The van der Waals surface area contributed by atoms with Crippen LogP contribution in [0.3, 0.4) is 0 Å². The highest BCUT2D eigenvalue weighted by Crippen LogP contribution is 2.34. The summed E-state index contributed by atoms with van der Waals surface area (Å²) in [6, 6.07) is 20.8. The van der Waals surface area contributed by atoms with E-state index in [9.17, 15) is 0 Å². The average molecular weight is 330 g/mol. The van der Waals surface area contributed by atoms with Crippen LogP contribution in [0.25, 0.3) is 22.9 Å². The molecule has 1 aliphatic rings. The molecule has 0 aliphatic carbocycles. The van der Waals surface area contributed by atoms with Crippen LogP contribution in [0.1, 0.15) is 30.2 Å². The summed E-state index contributed by atoms with van der Waals surface area (Å²) in [4.78, 5) is 0. The van der Waals surface area contributed by atoms with Crippen LogP contribution in [0.4, 0.5) is 0 Å². The average Bonchev–Trinajstić information content (AvgIpc) is 3.03. The number of fused-ring (bicyclic) bond motifs is 1. The molecule has 0 bridgehead atoms. The Hall–Kier alpha value is -2.65. The maximum absolute atomic E-state index is 5.91. The largest absolute Gasteiger partial charge is 0.372 e. The molecule has 3 heteroatoms. The molecule has 4 rings (SSSR count). The third kappa shape index (κ3) is 3.15. The predicted octanol–water partition coefficient (Wildman–Crippen LogP) is 5.03. The highest BCUT2D eigenvalue weighted by atomic mass is 16.5. The van der Waals surface area contributed by atoms with Gasteiger partial charge in [-0.25, -0.2) is 0 Å². The molecule has 2 aromatic carbocycles. The van der Waals surface area contributed by atoms with E-state index in [4.69, 9.17) is 9.84 Å². The Labute approximate surface area is 148 Å². The summed E-state index contributed by atoms with van der Waals surface area (Å²) < 4.78 is 8.07. The smallest absolute Gasteiger partial charge is 0.0985 e. The maximum atomic E-state index is 5.91. The first-order valence-electron chi connectivity index (χ1n) is 8.85. The summed E-state index contributed by atoms with van der Waals surface area (Å²) >= 11 is 0. The molecule has 1 aliphatic heterocycles. The Kier molecular flexibility index (Phi) is 4.49.